The maximum absolute atomic E-state index is 11.9. The number of amides is 2. The van der Waals surface area contributed by atoms with E-state index >= 15 is 0 Å². The van der Waals surface area contributed by atoms with Crippen LogP contribution in [0.2, 0.25) is 0 Å². The van der Waals surface area contributed by atoms with Crippen molar-refractivity contribution in [3.05, 3.63) is 35.4 Å². The van der Waals surface area contributed by atoms with E-state index in [9.17, 15) is 9.59 Å². The van der Waals surface area contributed by atoms with Crippen LogP contribution in [-0.4, -0.2) is 24.4 Å². The van der Waals surface area contributed by atoms with Crippen LogP contribution in [0.1, 0.15) is 35.2 Å². The number of alkyl halides is 1. The Morgan fingerprint density at radius 3 is 2.79 bits per heavy atom. The van der Waals surface area contributed by atoms with Gasteiger partial charge in [0.15, 0.2) is 0 Å². The number of benzene rings is 1. The molecule has 0 aromatic heterocycles. The third-order valence-electron chi connectivity index (χ3n) is 2.92. The second kappa shape index (κ2) is 6.70. The largest absolute Gasteiger partial charge is 0.353 e. The Morgan fingerprint density at radius 1 is 1.32 bits per heavy atom. The Balaban J connectivity index is 1.75. The first-order valence-corrected chi connectivity index (χ1v) is 7.53. The SMILES string of the molecule is O=C(CCNC(=O)c1cccc(CBr)c1)NC1CC1. The lowest BCUT2D eigenvalue weighted by molar-refractivity contribution is -0.121. The molecule has 1 aliphatic carbocycles. The summed E-state index contributed by atoms with van der Waals surface area (Å²) in [4.78, 5) is 23.3. The number of carbonyl (C=O) groups excluding carboxylic acids is 2. The fourth-order valence-electron chi connectivity index (χ4n) is 1.71. The fraction of sp³-hybridized carbons (Fsp3) is 0.429. The summed E-state index contributed by atoms with van der Waals surface area (Å²) in [6.07, 6.45) is 2.50. The molecule has 0 radical (unpaired) electrons. The minimum Gasteiger partial charge on any atom is -0.353 e. The van der Waals surface area contributed by atoms with Crippen LogP contribution in [0.4, 0.5) is 0 Å². The smallest absolute Gasteiger partial charge is 0.251 e. The molecule has 4 nitrogen and oxygen atoms in total. The highest BCUT2D eigenvalue weighted by atomic mass is 79.9. The predicted octanol–water partition coefficient (Wildman–Crippen LogP) is 1.98. The quantitative estimate of drug-likeness (QED) is 0.786. The zero-order valence-electron chi connectivity index (χ0n) is 10.6. The monoisotopic (exact) mass is 324 g/mol. The van der Waals surface area contributed by atoms with Gasteiger partial charge in [0, 0.05) is 29.9 Å². The van der Waals surface area contributed by atoms with Gasteiger partial charge in [-0.05, 0) is 30.5 Å². The first kappa shape index (κ1) is 14.1. The summed E-state index contributed by atoms with van der Waals surface area (Å²) in [5.74, 6) is -0.126. The van der Waals surface area contributed by atoms with Gasteiger partial charge in [-0.3, -0.25) is 9.59 Å². The number of nitrogens with one attached hydrogen (secondary N) is 2. The molecule has 5 heteroatoms. The van der Waals surface area contributed by atoms with Gasteiger partial charge in [0.25, 0.3) is 5.91 Å². The summed E-state index contributed by atoms with van der Waals surface area (Å²) in [5.41, 5.74) is 1.68. The Morgan fingerprint density at radius 2 is 2.11 bits per heavy atom. The zero-order valence-corrected chi connectivity index (χ0v) is 12.2. The van der Waals surface area contributed by atoms with E-state index in [4.69, 9.17) is 0 Å². The molecular weight excluding hydrogens is 308 g/mol. The molecular formula is C14H17BrN2O2. The van der Waals surface area contributed by atoms with Crippen molar-refractivity contribution in [1.29, 1.82) is 0 Å². The van der Waals surface area contributed by atoms with Crippen LogP contribution in [0, 0.1) is 0 Å². The molecule has 0 atom stereocenters. The van der Waals surface area contributed by atoms with E-state index in [2.05, 4.69) is 26.6 Å². The Hall–Kier alpha value is -1.36. The number of carbonyl (C=O) groups is 2. The van der Waals surface area contributed by atoms with Crippen molar-refractivity contribution in [2.24, 2.45) is 0 Å². The van der Waals surface area contributed by atoms with Gasteiger partial charge in [0.05, 0.1) is 0 Å². The highest BCUT2D eigenvalue weighted by Gasteiger charge is 2.22. The van der Waals surface area contributed by atoms with Crippen molar-refractivity contribution in [3.8, 4) is 0 Å². The summed E-state index contributed by atoms with van der Waals surface area (Å²) in [5, 5.41) is 6.37. The standard InChI is InChI=1S/C14H17BrN2O2/c15-9-10-2-1-3-11(8-10)14(19)16-7-6-13(18)17-12-4-5-12/h1-3,8,12H,4-7,9H2,(H,16,19)(H,17,18). The second-order valence-corrected chi connectivity index (χ2v) is 5.24. The third kappa shape index (κ3) is 4.67. The Kier molecular flexibility index (Phi) is 4.96. The minimum atomic E-state index is -0.137. The van der Waals surface area contributed by atoms with Crippen molar-refractivity contribution >= 4 is 27.7 Å². The zero-order chi connectivity index (χ0) is 13.7. The van der Waals surface area contributed by atoms with Gasteiger partial charge in [-0.2, -0.15) is 0 Å². The van der Waals surface area contributed by atoms with Gasteiger partial charge >= 0.3 is 0 Å². The van der Waals surface area contributed by atoms with Gasteiger partial charge in [-0.1, -0.05) is 28.1 Å². The number of rotatable bonds is 6. The van der Waals surface area contributed by atoms with Gasteiger partial charge in [0.2, 0.25) is 5.91 Å². The van der Waals surface area contributed by atoms with E-state index in [1.807, 2.05) is 18.2 Å². The van der Waals surface area contributed by atoms with Gasteiger partial charge in [-0.25, -0.2) is 0 Å². The summed E-state index contributed by atoms with van der Waals surface area (Å²) in [6.45, 7) is 0.371. The van der Waals surface area contributed by atoms with Crippen molar-refractivity contribution in [1.82, 2.24) is 10.6 Å². The number of hydrogen-bond donors (Lipinski definition) is 2. The molecule has 1 aliphatic rings. The van der Waals surface area contributed by atoms with Crippen LogP contribution >= 0.6 is 15.9 Å². The van der Waals surface area contributed by atoms with E-state index in [0.29, 0.717) is 24.6 Å². The molecule has 2 rings (SSSR count). The van der Waals surface area contributed by atoms with Crippen LogP contribution in [-0.2, 0) is 10.1 Å². The van der Waals surface area contributed by atoms with E-state index in [1.165, 1.54) is 0 Å². The Bertz CT molecular complexity index is 472. The lowest BCUT2D eigenvalue weighted by Gasteiger charge is -2.06. The first-order valence-electron chi connectivity index (χ1n) is 6.41. The molecule has 102 valence electrons. The van der Waals surface area contributed by atoms with Crippen LogP contribution < -0.4 is 10.6 Å². The maximum atomic E-state index is 11.9. The molecule has 0 heterocycles. The van der Waals surface area contributed by atoms with Crippen molar-refractivity contribution in [2.75, 3.05) is 6.54 Å². The average molecular weight is 325 g/mol. The lowest BCUT2D eigenvalue weighted by atomic mass is 10.1. The van der Waals surface area contributed by atoms with Crippen LogP contribution in [0.25, 0.3) is 0 Å². The molecule has 0 spiro atoms. The molecule has 19 heavy (non-hydrogen) atoms. The van der Waals surface area contributed by atoms with Crippen molar-refractivity contribution in [2.45, 2.75) is 30.6 Å². The highest BCUT2D eigenvalue weighted by Crippen LogP contribution is 2.18. The summed E-state index contributed by atoms with van der Waals surface area (Å²) >= 11 is 3.36. The summed E-state index contributed by atoms with van der Waals surface area (Å²) in [6, 6.07) is 7.79. The average Bonchev–Trinajstić information content (AvgIpc) is 3.22. The molecule has 0 unspecified atom stereocenters. The summed E-state index contributed by atoms with van der Waals surface area (Å²) in [7, 11) is 0. The molecule has 1 fully saturated rings. The third-order valence-corrected chi connectivity index (χ3v) is 3.57. The van der Waals surface area contributed by atoms with Crippen molar-refractivity contribution < 1.29 is 9.59 Å². The van der Waals surface area contributed by atoms with Gasteiger partial charge in [-0.15, -0.1) is 0 Å². The molecule has 0 bridgehead atoms. The first-order chi connectivity index (χ1) is 9.19. The van der Waals surface area contributed by atoms with E-state index in [0.717, 1.165) is 23.7 Å². The minimum absolute atomic E-state index is 0.0111. The lowest BCUT2D eigenvalue weighted by Crippen LogP contribution is -2.31. The van der Waals surface area contributed by atoms with Crippen LogP contribution in [0.5, 0.6) is 0 Å². The van der Waals surface area contributed by atoms with Gasteiger partial charge < -0.3 is 10.6 Å². The predicted molar refractivity (Wildman–Crippen MR) is 77.2 cm³/mol. The normalized spacial score (nSPS) is 13.9. The van der Waals surface area contributed by atoms with E-state index in [1.54, 1.807) is 6.07 Å². The highest BCUT2D eigenvalue weighted by molar-refractivity contribution is 9.08. The molecule has 1 aromatic rings. The number of hydrogen-bond acceptors (Lipinski definition) is 2. The number of halogens is 1. The van der Waals surface area contributed by atoms with Crippen LogP contribution in [0.15, 0.2) is 24.3 Å². The molecule has 0 saturated heterocycles. The van der Waals surface area contributed by atoms with Gasteiger partial charge in [0.1, 0.15) is 0 Å². The molecule has 2 N–H and O–H groups in total. The molecule has 1 aromatic carbocycles. The molecule has 2 amide bonds. The topological polar surface area (TPSA) is 58.2 Å². The van der Waals surface area contributed by atoms with Crippen molar-refractivity contribution in [3.63, 3.8) is 0 Å². The summed E-state index contributed by atoms with van der Waals surface area (Å²) < 4.78 is 0. The molecule has 0 aliphatic heterocycles. The maximum Gasteiger partial charge on any atom is 0.251 e. The molecule has 1 saturated carbocycles. The second-order valence-electron chi connectivity index (χ2n) is 4.68. The van der Waals surface area contributed by atoms with E-state index < -0.39 is 0 Å². The Labute approximate surface area is 121 Å². The fourth-order valence-corrected chi connectivity index (χ4v) is 2.06. The van der Waals surface area contributed by atoms with Crippen LogP contribution in [0.3, 0.4) is 0 Å². The van der Waals surface area contributed by atoms with E-state index in [-0.39, 0.29) is 11.8 Å².